The van der Waals surface area contributed by atoms with Crippen LogP contribution < -0.4 is 4.74 Å². The number of rotatable bonds is 5. The molecule has 0 saturated carbocycles. The average molecular weight is 469 g/mol. The zero-order valence-corrected chi connectivity index (χ0v) is 19.3. The number of nitrogens with zero attached hydrogens (tertiary/aromatic N) is 4. The van der Waals surface area contributed by atoms with Crippen LogP contribution in [0, 0.1) is 0 Å². The Morgan fingerprint density at radius 2 is 1.82 bits per heavy atom. The number of ether oxygens (including phenoxy) is 1. The fourth-order valence-corrected chi connectivity index (χ4v) is 5.30. The number of aromatic nitrogens is 4. The molecule has 2 aliphatic rings. The van der Waals surface area contributed by atoms with Gasteiger partial charge >= 0.3 is 5.97 Å². The summed E-state index contributed by atoms with van der Waals surface area (Å²) in [5, 5.41) is 11.3. The molecule has 168 valence electrons. The van der Waals surface area contributed by atoms with Crippen molar-refractivity contribution in [2.24, 2.45) is 7.05 Å². The van der Waals surface area contributed by atoms with Crippen LogP contribution in [0.15, 0.2) is 66.9 Å². The lowest BCUT2D eigenvalue weighted by Gasteiger charge is -2.12. The maximum Gasteiger partial charge on any atom is 0.353 e. The van der Waals surface area contributed by atoms with Crippen molar-refractivity contribution in [3.63, 3.8) is 0 Å². The van der Waals surface area contributed by atoms with Crippen LogP contribution in [-0.4, -0.2) is 36.1 Å². The molecule has 2 aromatic carbocycles. The van der Waals surface area contributed by atoms with Gasteiger partial charge in [0, 0.05) is 36.3 Å². The van der Waals surface area contributed by atoms with E-state index in [4.69, 9.17) is 4.74 Å². The van der Waals surface area contributed by atoms with Crippen LogP contribution in [0.2, 0.25) is 0 Å². The van der Waals surface area contributed by atoms with Crippen LogP contribution in [0.5, 0.6) is 5.75 Å². The first-order valence-corrected chi connectivity index (χ1v) is 11.5. The molecule has 1 N–H and O–H groups in total. The standard InChI is InChI=1S/C26H20N4O3S/c1-29-11-3-4-17-13-21-23(24(17)29)22(16-6-8-18(33-2)9-7-16)25(26(31)32)30(21)14-15-5-10-19-20(12-15)28-34-27-19/h3-13H,14H2,1-2H3,(H,31,32). The highest BCUT2D eigenvalue weighted by Crippen LogP contribution is 2.44. The number of carboxylic acids is 1. The Morgan fingerprint density at radius 3 is 2.59 bits per heavy atom. The number of benzene rings is 2. The van der Waals surface area contributed by atoms with Gasteiger partial charge in [0.1, 0.15) is 22.5 Å². The molecule has 8 heteroatoms. The number of aryl methyl sites for hydroxylation is 1. The van der Waals surface area contributed by atoms with Gasteiger partial charge in [-0.2, -0.15) is 8.75 Å². The second-order valence-electron chi connectivity index (χ2n) is 8.26. The topological polar surface area (TPSA) is 82.2 Å². The summed E-state index contributed by atoms with van der Waals surface area (Å²) in [5.41, 5.74) is 7.38. The number of carboxylic acid groups (broad SMARTS) is 1. The Balaban J connectivity index is 1.67. The molecule has 1 aliphatic carbocycles. The van der Waals surface area contributed by atoms with Gasteiger partial charge in [0.2, 0.25) is 0 Å². The summed E-state index contributed by atoms with van der Waals surface area (Å²) >= 11 is 1.17. The minimum atomic E-state index is -0.967. The van der Waals surface area contributed by atoms with Crippen molar-refractivity contribution in [3.8, 4) is 28.1 Å². The second kappa shape index (κ2) is 7.71. The maximum absolute atomic E-state index is 12.7. The first-order valence-electron chi connectivity index (χ1n) is 10.7. The number of methoxy groups -OCH3 is 1. The molecule has 0 saturated heterocycles. The fourth-order valence-electron chi connectivity index (χ4n) is 4.78. The van der Waals surface area contributed by atoms with Crippen molar-refractivity contribution in [3.05, 3.63) is 78.1 Å². The highest BCUT2D eigenvalue weighted by molar-refractivity contribution is 7.00. The lowest BCUT2D eigenvalue weighted by Crippen LogP contribution is -2.10. The second-order valence-corrected chi connectivity index (χ2v) is 8.79. The van der Waals surface area contributed by atoms with Gasteiger partial charge in [-0.3, -0.25) is 0 Å². The molecule has 0 bridgehead atoms. The molecular formula is C26H20N4O3S. The summed E-state index contributed by atoms with van der Waals surface area (Å²) in [5.74, 6) is -0.246. The van der Waals surface area contributed by atoms with E-state index in [1.54, 1.807) is 7.11 Å². The monoisotopic (exact) mass is 468 g/mol. The number of fused-ring (bicyclic) bond motifs is 4. The van der Waals surface area contributed by atoms with E-state index in [1.807, 2.05) is 70.9 Å². The number of pyridine rings is 1. The van der Waals surface area contributed by atoms with Crippen molar-refractivity contribution in [1.29, 1.82) is 0 Å². The van der Waals surface area contributed by atoms with E-state index in [2.05, 4.69) is 20.9 Å². The zero-order chi connectivity index (χ0) is 23.4. The van der Waals surface area contributed by atoms with Crippen LogP contribution in [-0.2, 0) is 13.6 Å². The molecule has 0 unspecified atom stereocenters. The molecule has 3 heterocycles. The number of carbonyl (C=O) groups is 1. The van der Waals surface area contributed by atoms with Crippen LogP contribution in [0.4, 0.5) is 0 Å². The third-order valence-electron chi connectivity index (χ3n) is 6.28. The van der Waals surface area contributed by atoms with E-state index in [0.717, 1.165) is 50.1 Å². The van der Waals surface area contributed by atoms with Crippen LogP contribution in [0.3, 0.4) is 0 Å². The third-order valence-corrected chi connectivity index (χ3v) is 6.84. The Labute approximate surface area is 199 Å². The molecule has 34 heavy (non-hydrogen) atoms. The molecule has 0 amide bonds. The van der Waals surface area contributed by atoms with E-state index >= 15 is 0 Å². The first-order chi connectivity index (χ1) is 16.5. The maximum atomic E-state index is 12.7. The summed E-state index contributed by atoms with van der Waals surface area (Å²) in [6.45, 7) is 0.405. The van der Waals surface area contributed by atoms with Crippen molar-refractivity contribution >= 4 is 39.6 Å². The molecule has 1 aliphatic heterocycles. The molecule has 7 nitrogen and oxygen atoms in total. The third kappa shape index (κ3) is 3.07. The normalized spacial score (nSPS) is 11.6. The van der Waals surface area contributed by atoms with E-state index in [-0.39, 0.29) is 5.69 Å². The molecule has 2 aromatic heterocycles. The van der Waals surface area contributed by atoms with Gasteiger partial charge in [-0.1, -0.05) is 24.3 Å². The summed E-state index contributed by atoms with van der Waals surface area (Å²) in [4.78, 5) is 12.7. The number of hydrogen-bond acceptors (Lipinski definition) is 5. The SMILES string of the molecule is COc1ccc(-c2c(C(=O)O)n(Cc3ccc4nsnc4c3)c3cc4cccn(C)c-4c23)cc1. The Hall–Kier alpha value is -4.17. The zero-order valence-electron chi connectivity index (χ0n) is 18.5. The Morgan fingerprint density at radius 1 is 1.03 bits per heavy atom. The highest BCUT2D eigenvalue weighted by atomic mass is 32.1. The number of aromatic carboxylic acids is 1. The van der Waals surface area contributed by atoms with Gasteiger partial charge in [-0.15, -0.1) is 0 Å². The van der Waals surface area contributed by atoms with E-state index in [0.29, 0.717) is 12.1 Å². The average Bonchev–Trinajstić information content (AvgIpc) is 3.53. The molecule has 0 spiro atoms. The van der Waals surface area contributed by atoms with Crippen molar-refractivity contribution in [1.82, 2.24) is 17.9 Å². The predicted octanol–water partition coefficient (Wildman–Crippen LogP) is 5.51. The van der Waals surface area contributed by atoms with Crippen LogP contribution in [0.25, 0.3) is 44.3 Å². The molecular weight excluding hydrogens is 448 g/mol. The molecule has 4 aromatic rings. The minimum Gasteiger partial charge on any atom is -0.497 e. The lowest BCUT2D eigenvalue weighted by atomic mass is 10.0. The van der Waals surface area contributed by atoms with Gasteiger partial charge < -0.3 is 19.0 Å². The van der Waals surface area contributed by atoms with Crippen molar-refractivity contribution in [2.75, 3.05) is 7.11 Å². The fraction of sp³-hybridized carbons (Fsp3) is 0.115. The highest BCUT2D eigenvalue weighted by Gasteiger charge is 2.29. The van der Waals surface area contributed by atoms with Gasteiger partial charge in [0.05, 0.1) is 30.0 Å². The first kappa shape index (κ1) is 20.4. The van der Waals surface area contributed by atoms with E-state index in [1.165, 1.54) is 11.7 Å². The predicted molar refractivity (Wildman–Crippen MR) is 133 cm³/mol. The van der Waals surface area contributed by atoms with Gasteiger partial charge in [0.25, 0.3) is 0 Å². The summed E-state index contributed by atoms with van der Waals surface area (Å²) in [7, 11) is 3.60. The van der Waals surface area contributed by atoms with Gasteiger partial charge in [-0.05, 0) is 47.5 Å². The van der Waals surface area contributed by atoms with Crippen LogP contribution >= 0.6 is 11.7 Å². The lowest BCUT2D eigenvalue weighted by molar-refractivity contribution is 0.0687. The van der Waals surface area contributed by atoms with E-state index in [9.17, 15) is 9.90 Å². The Kier molecular flexibility index (Phi) is 4.63. The number of hydrogen-bond donors (Lipinski definition) is 1. The molecule has 0 fully saturated rings. The Bertz CT molecular complexity index is 1660. The minimum absolute atomic E-state index is 0.261. The van der Waals surface area contributed by atoms with Crippen molar-refractivity contribution < 1.29 is 14.6 Å². The smallest absolute Gasteiger partial charge is 0.353 e. The summed E-state index contributed by atoms with van der Waals surface area (Å²) < 4.78 is 17.9. The van der Waals surface area contributed by atoms with E-state index < -0.39 is 5.97 Å². The van der Waals surface area contributed by atoms with Gasteiger partial charge in [0.15, 0.2) is 0 Å². The van der Waals surface area contributed by atoms with Crippen LogP contribution in [0.1, 0.15) is 16.1 Å². The summed E-state index contributed by atoms with van der Waals surface area (Å²) in [6.07, 6.45) is 1.99. The molecule has 6 rings (SSSR count). The summed E-state index contributed by atoms with van der Waals surface area (Å²) in [6, 6.07) is 19.6. The quantitative estimate of drug-likeness (QED) is 0.361. The largest absolute Gasteiger partial charge is 0.497 e. The molecule has 0 radical (unpaired) electrons. The van der Waals surface area contributed by atoms with Gasteiger partial charge in [-0.25, -0.2) is 4.79 Å². The molecule has 0 atom stereocenters. The van der Waals surface area contributed by atoms with Crippen molar-refractivity contribution in [2.45, 2.75) is 6.54 Å².